The fourth-order valence-corrected chi connectivity index (χ4v) is 4.64. The van der Waals surface area contributed by atoms with Crippen LogP contribution in [0.1, 0.15) is 24.1 Å². The monoisotopic (exact) mass is 440 g/mol. The van der Waals surface area contributed by atoms with Crippen molar-refractivity contribution in [3.8, 4) is 5.75 Å². The van der Waals surface area contributed by atoms with Crippen LogP contribution in [0.3, 0.4) is 0 Å². The molecule has 6 nitrogen and oxygen atoms in total. The number of rotatable bonds is 3. The highest BCUT2D eigenvalue weighted by Gasteiger charge is 2.32. The van der Waals surface area contributed by atoms with E-state index in [0.29, 0.717) is 31.2 Å². The van der Waals surface area contributed by atoms with Gasteiger partial charge in [-0.1, -0.05) is 53.3 Å². The first-order chi connectivity index (χ1) is 14.4. The number of hydrogen-bond acceptors (Lipinski definition) is 6. The third-order valence-corrected chi connectivity index (χ3v) is 6.04. The lowest BCUT2D eigenvalue weighted by Gasteiger charge is -2.24. The van der Waals surface area contributed by atoms with E-state index in [1.54, 1.807) is 25.1 Å². The lowest BCUT2D eigenvalue weighted by Crippen LogP contribution is -2.39. The molecule has 0 spiro atoms. The van der Waals surface area contributed by atoms with Crippen molar-refractivity contribution in [3.05, 3.63) is 95.6 Å². The number of halogens is 1. The molecular weight excluding hydrogens is 424 g/mol. The number of fused-ring (bicyclic) bond motifs is 1. The topological polar surface area (TPSA) is 80.9 Å². The molecule has 30 heavy (non-hydrogen) atoms. The van der Waals surface area contributed by atoms with E-state index < -0.39 is 12.0 Å². The molecule has 2 aromatic carbocycles. The Bertz CT molecular complexity index is 1360. The molecule has 1 aromatic heterocycles. The predicted molar refractivity (Wildman–Crippen MR) is 115 cm³/mol. The van der Waals surface area contributed by atoms with E-state index in [1.165, 1.54) is 29.1 Å². The smallest absolute Gasteiger partial charge is 0.338 e. The van der Waals surface area contributed by atoms with Gasteiger partial charge in [-0.25, -0.2) is 9.79 Å². The standard InChI is InChI=1S/C22H17ClN2O4S/c1-12-18(21(28)29-2)19(13-6-4-3-5-7-13)25-20(27)17(30-22(25)24-12)11-14-10-15(23)8-9-16(14)26/h3-11,19,26H,1-2H3/b17-11+. The minimum atomic E-state index is -0.662. The van der Waals surface area contributed by atoms with Gasteiger partial charge in [0.15, 0.2) is 4.80 Å². The maximum Gasteiger partial charge on any atom is 0.338 e. The molecule has 152 valence electrons. The number of thiazole rings is 1. The van der Waals surface area contributed by atoms with Gasteiger partial charge in [0.2, 0.25) is 0 Å². The first-order valence-corrected chi connectivity index (χ1v) is 10.2. The van der Waals surface area contributed by atoms with Gasteiger partial charge in [0, 0.05) is 10.6 Å². The largest absolute Gasteiger partial charge is 0.507 e. The third kappa shape index (κ3) is 3.46. The number of carbonyl (C=O) groups excluding carboxylic acids is 1. The van der Waals surface area contributed by atoms with Crippen molar-refractivity contribution in [1.29, 1.82) is 0 Å². The molecule has 0 amide bonds. The van der Waals surface area contributed by atoms with Crippen LogP contribution in [0.15, 0.2) is 69.6 Å². The van der Waals surface area contributed by atoms with Crippen LogP contribution < -0.4 is 14.9 Å². The Hall–Kier alpha value is -3.16. The molecule has 0 radical (unpaired) electrons. The van der Waals surface area contributed by atoms with E-state index in [1.807, 2.05) is 30.3 Å². The fraction of sp³-hybridized carbons (Fsp3) is 0.136. The number of phenolic OH excluding ortho intramolecular Hbond substituents is 1. The van der Waals surface area contributed by atoms with Gasteiger partial charge in [-0.05, 0) is 36.8 Å². The Labute approximate surface area is 180 Å². The van der Waals surface area contributed by atoms with Crippen LogP contribution in [0, 0.1) is 0 Å². The quantitative estimate of drug-likeness (QED) is 0.635. The van der Waals surface area contributed by atoms with Crippen molar-refractivity contribution in [2.75, 3.05) is 7.11 Å². The number of aromatic nitrogens is 1. The SMILES string of the molecule is COC(=O)C1=C(C)N=c2s/c(=C/c3cc(Cl)ccc3O)c(=O)n2C1c1ccccc1. The number of allylic oxidation sites excluding steroid dienone is 1. The summed E-state index contributed by atoms with van der Waals surface area (Å²) in [5.41, 5.74) is 1.68. The van der Waals surface area contributed by atoms with Gasteiger partial charge in [0.25, 0.3) is 5.56 Å². The van der Waals surface area contributed by atoms with Gasteiger partial charge in [0.1, 0.15) is 5.75 Å². The number of ether oxygens (including phenoxy) is 1. The van der Waals surface area contributed by atoms with E-state index in [0.717, 1.165) is 5.56 Å². The van der Waals surface area contributed by atoms with Crippen LogP contribution >= 0.6 is 22.9 Å². The Kier molecular flexibility index (Phi) is 5.32. The molecule has 1 atom stereocenters. The number of carbonyl (C=O) groups is 1. The molecule has 1 aliphatic heterocycles. The van der Waals surface area contributed by atoms with Gasteiger partial charge in [-0.2, -0.15) is 0 Å². The average molecular weight is 441 g/mol. The first kappa shape index (κ1) is 20.1. The molecule has 8 heteroatoms. The maximum absolute atomic E-state index is 13.4. The van der Waals surface area contributed by atoms with Crippen LogP contribution in [0.5, 0.6) is 5.75 Å². The van der Waals surface area contributed by atoms with Crippen LogP contribution in [0.2, 0.25) is 5.02 Å². The zero-order valence-electron chi connectivity index (χ0n) is 16.1. The van der Waals surface area contributed by atoms with Crippen molar-refractivity contribution >= 4 is 35.0 Å². The summed E-state index contributed by atoms with van der Waals surface area (Å²) in [6.07, 6.45) is 1.57. The zero-order chi connectivity index (χ0) is 21.4. The molecule has 4 rings (SSSR count). The molecule has 0 aliphatic carbocycles. The van der Waals surface area contributed by atoms with Crippen molar-refractivity contribution in [2.45, 2.75) is 13.0 Å². The van der Waals surface area contributed by atoms with E-state index >= 15 is 0 Å². The Morgan fingerprint density at radius 3 is 2.70 bits per heavy atom. The predicted octanol–water partition coefficient (Wildman–Crippen LogP) is 2.77. The van der Waals surface area contributed by atoms with E-state index in [2.05, 4.69) is 4.99 Å². The van der Waals surface area contributed by atoms with E-state index in [-0.39, 0.29) is 11.3 Å². The maximum atomic E-state index is 13.4. The van der Waals surface area contributed by atoms with Gasteiger partial charge < -0.3 is 9.84 Å². The Balaban J connectivity index is 2.00. The molecule has 0 fully saturated rings. The molecule has 0 bridgehead atoms. The molecular formula is C22H17ClN2O4S. The minimum Gasteiger partial charge on any atom is -0.507 e. The first-order valence-electron chi connectivity index (χ1n) is 9.05. The second kappa shape index (κ2) is 7.93. The number of methoxy groups -OCH3 is 1. The van der Waals surface area contributed by atoms with Crippen molar-refractivity contribution in [2.24, 2.45) is 4.99 Å². The highest BCUT2D eigenvalue weighted by atomic mass is 35.5. The zero-order valence-corrected chi connectivity index (χ0v) is 17.7. The van der Waals surface area contributed by atoms with Crippen molar-refractivity contribution in [1.82, 2.24) is 4.57 Å². The minimum absolute atomic E-state index is 0.0104. The number of phenols is 1. The highest BCUT2D eigenvalue weighted by Crippen LogP contribution is 2.30. The van der Waals surface area contributed by atoms with Crippen LogP contribution in [-0.4, -0.2) is 22.8 Å². The van der Waals surface area contributed by atoms with Gasteiger partial charge in [0.05, 0.1) is 29.0 Å². The molecule has 1 N–H and O–H groups in total. The van der Waals surface area contributed by atoms with Crippen LogP contribution in [0.25, 0.3) is 6.08 Å². The van der Waals surface area contributed by atoms with Crippen molar-refractivity contribution < 1.29 is 14.6 Å². The van der Waals surface area contributed by atoms with E-state index in [9.17, 15) is 14.7 Å². The normalized spacial score (nSPS) is 16.2. The summed E-state index contributed by atoms with van der Waals surface area (Å²) < 4.78 is 6.83. The summed E-state index contributed by atoms with van der Waals surface area (Å²) in [6.45, 7) is 1.72. The summed E-state index contributed by atoms with van der Waals surface area (Å²) in [4.78, 5) is 30.9. The second-order valence-electron chi connectivity index (χ2n) is 6.69. The Morgan fingerprint density at radius 1 is 1.27 bits per heavy atom. The van der Waals surface area contributed by atoms with Crippen LogP contribution in [0.4, 0.5) is 0 Å². The summed E-state index contributed by atoms with van der Waals surface area (Å²) in [7, 11) is 1.30. The van der Waals surface area contributed by atoms with Crippen molar-refractivity contribution in [3.63, 3.8) is 0 Å². The lowest BCUT2D eigenvalue weighted by molar-refractivity contribution is -0.136. The molecule has 2 heterocycles. The van der Waals surface area contributed by atoms with E-state index in [4.69, 9.17) is 16.3 Å². The number of benzene rings is 2. The Morgan fingerprint density at radius 2 is 2.00 bits per heavy atom. The molecule has 0 saturated heterocycles. The van der Waals surface area contributed by atoms with Gasteiger partial charge in [-0.3, -0.25) is 9.36 Å². The summed E-state index contributed by atoms with van der Waals surface area (Å²) in [5, 5.41) is 10.6. The van der Waals surface area contributed by atoms with Crippen LogP contribution in [-0.2, 0) is 9.53 Å². The highest BCUT2D eigenvalue weighted by molar-refractivity contribution is 7.07. The fourth-order valence-electron chi connectivity index (χ4n) is 3.43. The molecule has 3 aromatic rings. The molecule has 1 unspecified atom stereocenters. The number of aromatic hydroxyl groups is 1. The average Bonchev–Trinajstić information content (AvgIpc) is 3.04. The van der Waals surface area contributed by atoms with Gasteiger partial charge >= 0.3 is 5.97 Å². The molecule has 1 aliphatic rings. The third-order valence-electron chi connectivity index (χ3n) is 4.82. The summed E-state index contributed by atoms with van der Waals surface area (Å²) >= 11 is 7.21. The number of esters is 1. The lowest BCUT2D eigenvalue weighted by atomic mass is 9.96. The molecule has 0 saturated carbocycles. The summed E-state index contributed by atoms with van der Waals surface area (Å²) in [5.74, 6) is -0.525. The number of nitrogens with zero attached hydrogens (tertiary/aromatic N) is 2. The van der Waals surface area contributed by atoms with Gasteiger partial charge in [-0.15, -0.1) is 0 Å². The second-order valence-corrected chi connectivity index (χ2v) is 8.13. The number of hydrogen-bond donors (Lipinski definition) is 1. The summed E-state index contributed by atoms with van der Waals surface area (Å²) in [6, 6.07) is 13.2.